The average Bonchev–Trinajstić information content (AvgIpc) is 3.21. The summed E-state index contributed by atoms with van der Waals surface area (Å²) in [6.45, 7) is 1.50. The van der Waals surface area contributed by atoms with E-state index in [2.05, 4.69) is 15.3 Å². The van der Waals surface area contributed by atoms with Crippen LogP contribution in [-0.2, 0) is 6.54 Å². The zero-order valence-electron chi connectivity index (χ0n) is 13.4. The molecule has 126 valence electrons. The van der Waals surface area contributed by atoms with Gasteiger partial charge in [0.2, 0.25) is 0 Å². The first-order valence-electron chi connectivity index (χ1n) is 7.91. The molecular formula is C18H16N4O3. The molecule has 0 saturated carbocycles. The molecule has 4 rings (SSSR count). The number of carbonyl (C=O) groups excluding carboxylic acids is 1. The SMILES string of the molecule is O=C(NCc1ccc2c(c1)OCCO2)c1ccnc(-n2ccnc2)c1. The van der Waals surface area contributed by atoms with Crippen molar-refractivity contribution in [2.24, 2.45) is 0 Å². The number of hydrogen-bond acceptors (Lipinski definition) is 5. The van der Waals surface area contributed by atoms with Crippen LogP contribution in [0, 0.1) is 0 Å². The van der Waals surface area contributed by atoms with Crippen molar-refractivity contribution in [3.05, 3.63) is 66.4 Å². The van der Waals surface area contributed by atoms with Crippen molar-refractivity contribution >= 4 is 5.91 Å². The molecule has 3 aromatic rings. The summed E-state index contributed by atoms with van der Waals surface area (Å²) < 4.78 is 12.8. The largest absolute Gasteiger partial charge is 0.486 e. The van der Waals surface area contributed by atoms with Gasteiger partial charge in [0.25, 0.3) is 5.91 Å². The third-order valence-electron chi connectivity index (χ3n) is 3.84. The normalized spacial score (nSPS) is 12.6. The molecule has 7 nitrogen and oxygen atoms in total. The molecule has 7 heteroatoms. The fraction of sp³-hybridized carbons (Fsp3) is 0.167. The highest BCUT2D eigenvalue weighted by Gasteiger charge is 2.13. The highest BCUT2D eigenvalue weighted by Crippen LogP contribution is 2.30. The molecule has 2 aromatic heterocycles. The number of hydrogen-bond donors (Lipinski definition) is 1. The number of fused-ring (bicyclic) bond motifs is 1. The summed E-state index contributed by atoms with van der Waals surface area (Å²) in [4.78, 5) is 20.6. The summed E-state index contributed by atoms with van der Waals surface area (Å²) in [5, 5.41) is 2.91. The van der Waals surface area contributed by atoms with E-state index in [4.69, 9.17) is 9.47 Å². The summed E-state index contributed by atoms with van der Waals surface area (Å²) in [5.41, 5.74) is 1.48. The number of nitrogens with zero attached hydrogens (tertiary/aromatic N) is 3. The van der Waals surface area contributed by atoms with Gasteiger partial charge >= 0.3 is 0 Å². The van der Waals surface area contributed by atoms with Crippen molar-refractivity contribution in [3.63, 3.8) is 0 Å². The Hall–Kier alpha value is -3.35. The topological polar surface area (TPSA) is 78.3 Å². The van der Waals surface area contributed by atoms with Crippen LogP contribution in [0.15, 0.2) is 55.2 Å². The maximum absolute atomic E-state index is 12.4. The lowest BCUT2D eigenvalue weighted by Crippen LogP contribution is -2.23. The minimum atomic E-state index is -0.168. The number of nitrogens with one attached hydrogen (secondary N) is 1. The van der Waals surface area contributed by atoms with Gasteiger partial charge in [0.1, 0.15) is 25.4 Å². The maximum atomic E-state index is 12.4. The molecular weight excluding hydrogens is 320 g/mol. The van der Waals surface area contributed by atoms with Crippen molar-refractivity contribution in [1.82, 2.24) is 19.9 Å². The highest BCUT2D eigenvalue weighted by atomic mass is 16.6. The van der Waals surface area contributed by atoms with Gasteiger partial charge in [-0.15, -0.1) is 0 Å². The van der Waals surface area contributed by atoms with Crippen LogP contribution >= 0.6 is 0 Å². The molecule has 1 aliphatic rings. The predicted molar refractivity (Wildman–Crippen MR) is 90.0 cm³/mol. The van der Waals surface area contributed by atoms with E-state index in [1.807, 2.05) is 18.2 Å². The Kier molecular flexibility index (Phi) is 4.04. The van der Waals surface area contributed by atoms with Crippen molar-refractivity contribution in [3.8, 4) is 17.3 Å². The third-order valence-corrected chi connectivity index (χ3v) is 3.84. The van der Waals surface area contributed by atoms with Crippen LogP contribution < -0.4 is 14.8 Å². The number of pyridine rings is 1. The van der Waals surface area contributed by atoms with Gasteiger partial charge in [-0.25, -0.2) is 9.97 Å². The lowest BCUT2D eigenvalue weighted by atomic mass is 10.2. The molecule has 0 spiro atoms. The molecule has 0 unspecified atom stereocenters. The molecule has 3 heterocycles. The molecule has 1 N–H and O–H groups in total. The van der Waals surface area contributed by atoms with E-state index in [1.54, 1.807) is 41.6 Å². The van der Waals surface area contributed by atoms with Crippen LogP contribution in [0.3, 0.4) is 0 Å². The Morgan fingerprint density at radius 2 is 2.00 bits per heavy atom. The number of rotatable bonds is 4. The first kappa shape index (κ1) is 15.2. The summed E-state index contributed by atoms with van der Waals surface area (Å²) >= 11 is 0. The van der Waals surface area contributed by atoms with E-state index in [1.165, 1.54) is 0 Å². The number of imidazole rings is 1. The Bertz CT molecular complexity index is 893. The van der Waals surface area contributed by atoms with Crippen LogP contribution in [0.4, 0.5) is 0 Å². The third kappa shape index (κ3) is 3.30. The van der Waals surface area contributed by atoms with Crippen molar-refractivity contribution in [1.29, 1.82) is 0 Å². The monoisotopic (exact) mass is 336 g/mol. The summed E-state index contributed by atoms with van der Waals surface area (Å²) in [7, 11) is 0. The Morgan fingerprint density at radius 1 is 1.12 bits per heavy atom. The number of amides is 1. The standard InChI is InChI=1S/C18H16N4O3/c23-18(14-3-4-20-17(10-14)22-6-5-19-12-22)21-11-13-1-2-15-16(9-13)25-8-7-24-15/h1-6,9-10,12H,7-8,11H2,(H,21,23). The maximum Gasteiger partial charge on any atom is 0.251 e. The molecule has 1 aromatic carbocycles. The zero-order chi connectivity index (χ0) is 17.1. The molecule has 0 fully saturated rings. The average molecular weight is 336 g/mol. The highest BCUT2D eigenvalue weighted by molar-refractivity contribution is 5.94. The van der Waals surface area contributed by atoms with Crippen molar-refractivity contribution < 1.29 is 14.3 Å². The minimum absolute atomic E-state index is 0.168. The molecule has 25 heavy (non-hydrogen) atoms. The van der Waals surface area contributed by atoms with E-state index in [0.717, 1.165) is 11.3 Å². The second kappa shape index (κ2) is 6.64. The van der Waals surface area contributed by atoms with E-state index < -0.39 is 0 Å². The summed E-state index contributed by atoms with van der Waals surface area (Å²) in [6.07, 6.45) is 6.68. The van der Waals surface area contributed by atoms with Crippen LogP contribution in [0.25, 0.3) is 5.82 Å². The second-order valence-corrected chi connectivity index (χ2v) is 5.53. The van der Waals surface area contributed by atoms with Gasteiger partial charge in [0, 0.05) is 30.7 Å². The van der Waals surface area contributed by atoms with Crippen LogP contribution in [-0.4, -0.2) is 33.7 Å². The van der Waals surface area contributed by atoms with Crippen molar-refractivity contribution in [2.45, 2.75) is 6.54 Å². The van der Waals surface area contributed by atoms with Gasteiger partial charge in [-0.2, -0.15) is 0 Å². The number of carbonyl (C=O) groups is 1. The molecule has 0 radical (unpaired) electrons. The van der Waals surface area contributed by atoms with E-state index in [9.17, 15) is 4.79 Å². The molecule has 0 aliphatic carbocycles. The zero-order valence-corrected chi connectivity index (χ0v) is 13.4. The second-order valence-electron chi connectivity index (χ2n) is 5.53. The predicted octanol–water partition coefficient (Wildman–Crippen LogP) is 1.97. The Balaban J connectivity index is 1.45. The van der Waals surface area contributed by atoms with Crippen LogP contribution in [0.2, 0.25) is 0 Å². The van der Waals surface area contributed by atoms with Crippen LogP contribution in [0.1, 0.15) is 15.9 Å². The summed E-state index contributed by atoms with van der Waals surface area (Å²) in [6, 6.07) is 9.06. The minimum Gasteiger partial charge on any atom is -0.486 e. The Labute approximate surface area is 144 Å². The van der Waals surface area contributed by atoms with Gasteiger partial charge in [0.05, 0.1) is 0 Å². The van der Waals surface area contributed by atoms with Crippen molar-refractivity contribution in [2.75, 3.05) is 13.2 Å². The van der Waals surface area contributed by atoms with Gasteiger partial charge in [-0.1, -0.05) is 6.07 Å². The number of aromatic nitrogens is 3. The van der Waals surface area contributed by atoms with E-state index in [0.29, 0.717) is 36.9 Å². The smallest absolute Gasteiger partial charge is 0.251 e. The van der Waals surface area contributed by atoms with Crippen LogP contribution in [0.5, 0.6) is 11.5 Å². The first-order valence-corrected chi connectivity index (χ1v) is 7.91. The lowest BCUT2D eigenvalue weighted by Gasteiger charge is -2.19. The Morgan fingerprint density at radius 3 is 2.84 bits per heavy atom. The summed E-state index contributed by atoms with van der Waals surface area (Å²) in [5.74, 6) is 1.92. The molecule has 1 amide bonds. The van der Waals surface area contributed by atoms with E-state index in [-0.39, 0.29) is 5.91 Å². The quantitative estimate of drug-likeness (QED) is 0.788. The molecule has 0 saturated heterocycles. The van der Waals surface area contributed by atoms with E-state index >= 15 is 0 Å². The van der Waals surface area contributed by atoms with Gasteiger partial charge in [0.15, 0.2) is 11.5 Å². The molecule has 0 bridgehead atoms. The fourth-order valence-corrected chi connectivity index (χ4v) is 2.58. The fourth-order valence-electron chi connectivity index (χ4n) is 2.58. The number of benzene rings is 1. The van der Waals surface area contributed by atoms with Gasteiger partial charge in [-0.05, 0) is 29.8 Å². The lowest BCUT2D eigenvalue weighted by molar-refractivity contribution is 0.0950. The molecule has 1 aliphatic heterocycles. The number of ether oxygens (including phenoxy) is 2. The van der Waals surface area contributed by atoms with Gasteiger partial charge < -0.3 is 14.8 Å². The first-order chi connectivity index (χ1) is 12.3. The molecule has 0 atom stereocenters. The van der Waals surface area contributed by atoms with Gasteiger partial charge in [-0.3, -0.25) is 9.36 Å².